The largest absolute Gasteiger partial charge is 0.359 e. The third-order valence-electron chi connectivity index (χ3n) is 4.42. The molecular formula is C18H18ClN3O3. The average Bonchev–Trinajstić information content (AvgIpc) is 2.59. The second kappa shape index (κ2) is 7.11. The molecule has 1 atom stereocenters. The zero-order chi connectivity index (χ0) is 18.0. The van der Waals surface area contributed by atoms with Crippen molar-refractivity contribution in [3.63, 3.8) is 0 Å². The molecule has 1 aliphatic rings. The third-order valence-corrected chi connectivity index (χ3v) is 4.73. The zero-order valence-electron chi connectivity index (χ0n) is 13.7. The normalized spacial score (nSPS) is 16.2. The van der Waals surface area contributed by atoms with E-state index in [0.717, 1.165) is 18.5 Å². The minimum absolute atomic E-state index is 0.110. The van der Waals surface area contributed by atoms with Crippen LogP contribution in [0, 0.1) is 10.1 Å². The van der Waals surface area contributed by atoms with Crippen molar-refractivity contribution in [1.29, 1.82) is 0 Å². The highest BCUT2D eigenvalue weighted by Gasteiger charge is 2.24. The first-order valence-corrected chi connectivity index (χ1v) is 8.42. The van der Waals surface area contributed by atoms with E-state index in [9.17, 15) is 14.9 Å². The minimum Gasteiger partial charge on any atom is -0.359 e. The molecule has 1 N–H and O–H groups in total. The summed E-state index contributed by atoms with van der Waals surface area (Å²) >= 11 is 6.04. The summed E-state index contributed by atoms with van der Waals surface area (Å²) in [4.78, 5) is 24.8. The van der Waals surface area contributed by atoms with E-state index in [1.54, 1.807) is 0 Å². The fourth-order valence-corrected chi connectivity index (χ4v) is 3.29. The molecule has 0 bridgehead atoms. The lowest BCUT2D eigenvalue weighted by Crippen LogP contribution is -2.42. The highest BCUT2D eigenvalue weighted by atomic mass is 35.5. The van der Waals surface area contributed by atoms with Crippen LogP contribution in [0.3, 0.4) is 0 Å². The number of anilines is 2. The number of rotatable bonds is 4. The molecule has 3 rings (SSSR count). The van der Waals surface area contributed by atoms with Crippen molar-refractivity contribution < 1.29 is 9.72 Å². The lowest BCUT2D eigenvalue weighted by molar-refractivity contribution is -0.384. The number of para-hydroxylation sites is 1. The number of nitro groups is 1. The van der Waals surface area contributed by atoms with E-state index < -0.39 is 4.92 Å². The summed E-state index contributed by atoms with van der Waals surface area (Å²) in [6, 6.07) is 12.3. The van der Waals surface area contributed by atoms with Crippen LogP contribution >= 0.6 is 11.6 Å². The average molecular weight is 360 g/mol. The van der Waals surface area contributed by atoms with E-state index in [1.807, 2.05) is 18.2 Å². The van der Waals surface area contributed by atoms with E-state index >= 15 is 0 Å². The van der Waals surface area contributed by atoms with Crippen molar-refractivity contribution in [2.24, 2.45) is 0 Å². The van der Waals surface area contributed by atoms with Crippen molar-refractivity contribution in [2.75, 3.05) is 16.8 Å². The Kier molecular flexibility index (Phi) is 4.90. The van der Waals surface area contributed by atoms with Crippen molar-refractivity contribution >= 4 is 34.6 Å². The second-order valence-corrected chi connectivity index (χ2v) is 6.52. The topological polar surface area (TPSA) is 75.5 Å². The molecule has 1 unspecified atom stereocenters. The number of nitrogens with zero attached hydrogens (tertiary/aromatic N) is 2. The van der Waals surface area contributed by atoms with E-state index in [1.165, 1.54) is 23.8 Å². The molecule has 1 heterocycles. The van der Waals surface area contributed by atoms with Gasteiger partial charge in [-0.2, -0.15) is 0 Å². The monoisotopic (exact) mass is 359 g/mol. The summed E-state index contributed by atoms with van der Waals surface area (Å²) in [5.74, 6) is -0.209. The number of hydrogen-bond donors (Lipinski definition) is 1. The van der Waals surface area contributed by atoms with Crippen LogP contribution in [0.5, 0.6) is 0 Å². The van der Waals surface area contributed by atoms with Crippen LogP contribution in [0.25, 0.3) is 0 Å². The number of hydrogen-bond acceptors (Lipinski definition) is 4. The number of nitro benzene ring substituents is 1. The number of carbonyl (C=O) groups excluding carboxylic acids is 1. The molecule has 7 heteroatoms. The number of amides is 1. The third kappa shape index (κ3) is 3.74. The summed E-state index contributed by atoms with van der Waals surface area (Å²) < 4.78 is 0. The van der Waals surface area contributed by atoms with Gasteiger partial charge < -0.3 is 10.2 Å². The Morgan fingerprint density at radius 3 is 2.84 bits per heavy atom. The summed E-state index contributed by atoms with van der Waals surface area (Å²) in [7, 11) is 0. The van der Waals surface area contributed by atoms with Gasteiger partial charge in [0, 0.05) is 23.9 Å². The fraction of sp³-hybridized carbons (Fsp3) is 0.278. The summed E-state index contributed by atoms with van der Waals surface area (Å²) in [5.41, 5.74) is 2.57. The van der Waals surface area contributed by atoms with Crippen LogP contribution in [0.15, 0.2) is 42.5 Å². The summed E-state index contributed by atoms with van der Waals surface area (Å²) in [6.07, 6.45) is 1.99. The van der Waals surface area contributed by atoms with Crippen LogP contribution in [-0.4, -0.2) is 23.4 Å². The van der Waals surface area contributed by atoms with Gasteiger partial charge in [-0.1, -0.05) is 29.8 Å². The first-order chi connectivity index (χ1) is 12.0. The maximum absolute atomic E-state index is 12.5. The molecule has 0 aromatic heterocycles. The Labute approximate surface area is 150 Å². The highest BCUT2D eigenvalue weighted by Crippen LogP contribution is 2.31. The second-order valence-electron chi connectivity index (χ2n) is 6.11. The van der Waals surface area contributed by atoms with Crippen LogP contribution in [0.4, 0.5) is 17.1 Å². The first kappa shape index (κ1) is 17.2. The SMILES string of the molecule is CC1CCc2ccccc2N1CC(=O)Nc1ccc([N+](=O)[O-])cc1Cl. The molecule has 0 spiro atoms. The molecule has 0 fully saturated rings. The van der Waals surface area contributed by atoms with Gasteiger partial charge in [-0.25, -0.2) is 0 Å². The molecule has 0 saturated heterocycles. The molecular weight excluding hydrogens is 342 g/mol. The predicted molar refractivity (Wildman–Crippen MR) is 98.3 cm³/mol. The molecule has 25 heavy (non-hydrogen) atoms. The van der Waals surface area contributed by atoms with Crippen LogP contribution < -0.4 is 10.2 Å². The molecule has 2 aromatic rings. The van der Waals surface area contributed by atoms with E-state index in [4.69, 9.17) is 11.6 Å². The smallest absolute Gasteiger partial charge is 0.271 e. The highest BCUT2D eigenvalue weighted by molar-refractivity contribution is 6.34. The van der Waals surface area contributed by atoms with Gasteiger partial charge in [0.1, 0.15) is 0 Å². The lowest BCUT2D eigenvalue weighted by Gasteiger charge is -2.36. The maximum Gasteiger partial charge on any atom is 0.271 e. The molecule has 0 radical (unpaired) electrons. The molecule has 2 aromatic carbocycles. The molecule has 0 aliphatic carbocycles. The molecule has 1 aliphatic heterocycles. The van der Waals surface area contributed by atoms with E-state index in [0.29, 0.717) is 5.69 Å². The Balaban J connectivity index is 1.74. The first-order valence-electron chi connectivity index (χ1n) is 8.04. The Morgan fingerprint density at radius 2 is 2.12 bits per heavy atom. The van der Waals surface area contributed by atoms with Crippen molar-refractivity contribution in [2.45, 2.75) is 25.8 Å². The van der Waals surface area contributed by atoms with Gasteiger partial charge in [-0.3, -0.25) is 14.9 Å². The van der Waals surface area contributed by atoms with Gasteiger partial charge in [0.25, 0.3) is 5.69 Å². The van der Waals surface area contributed by atoms with Crippen LogP contribution in [0.2, 0.25) is 5.02 Å². The fourth-order valence-electron chi connectivity index (χ4n) is 3.06. The van der Waals surface area contributed by atoms with Gasteiger partial charge >= 0.3 is 0 Å². The van der Waals surface area contributed by atoms with Gasteiger partial charge in [0.05, 0.1) is 22.2 Å². The number of fused-ring (bicyclic) bond motifs is 1. The van der Waals surface area contributed by atoms with Crippen molar-refractivity contribution in [3.8, 4) is 0 Å². The lowest BCUT2D eigenvalue weighted by atomic mass is 9.96. The summed E-state index contributed by atoms with van der Waals surface area (Å²) in [5, 5.41) is 13.6. The van der Waals surface area contributed by atoms with Gasteiger partial charge in [0.15, 0.2) is 0 Å². The number of nitrogens with one attached hydrogen (secondary N) is 1. The van der Waals surface area contributed by atoms with E-state index in [-0.39, 0.29) is 29.2 Å². The van der Waals surface area contributed by atoms with E-state index in [2.05, 4.69) is 23.2 Å². The number of aryl methyl sites for hydroxylation is 1. The Bertz CT molecular complexity index is 825. The van der Waals surface area contributed by atoms with Gasteiger partial charge in [-0.05, 0) is 37.5 Å². The van der Waals surface area contributed by atoms with Gasteiger partial charge in [-0.15, -0.1) is 0 Å². The van der Waals surface area contributed by atoms with Crippen LogP contribution in [-0.2, 0) is 11.2 Å². The van der Waals surface area contributed by atoms with Crippen molar-refractivity contribution in [1.82, 2.24) is 0 Å². The quantitative estimate of drug-likeness (QED) is 0.660. The standard InChI is InChI=1S/C18H18ClN3O3/c1-12-6-7-13-4-2-3-5-17(13)21(12)11-18(23)20-16-9-8-14(22(24)25)10-15(16)19/h2-5,8-10,12H,6-7,11H2,1H3,(H,20,23). The number of non-ortho nitro benzene ring substituents is 1. The number of benzene rings is 2. The maximum atomic E-state index is 12.5. The van der Waals surface area contributed by atoms with Crippen LogP contribution in [0.1, 0.15) is 18.9 Å². The predicted octanol–water partition coefficient (Wildman–Crippen LogP) is 4.03. The molecule has 130 valence electrons. The van der Waals surface area contributed by atoms with Crippen molar-refractivity contribution in [3.05, 3.63) is 63.2 Å². The van der Waals surface area contributed by atoms with Gasteiger partial charge in [0.2, 0.25) is 5.91 Å². The zero-order valence-corrected chi connectivity index (χ0v) is 14.5. The Morgan fingerprint density at radius 1 is 1.36 bits per heavy atom. The number of carbonyl (C=O) groups is 1. The minimum atomic E-state index is -0.524. The molecule has 0 saturated carbocycles. The Hall–Kier alpha value is -2.60. The summed E-state index contributed by atoms with van der Waals surface area (Å²) in [6.45, 7) is 2.30. The molecule has 1 amide bonds. The number of halogens is 1. The molecule has 6 nitrogen and oxygen atoms in total.